The van der Waals surface area contributed by atoms with Gasteiger partial charge in [-0.05, 0) is 48.6 Å². The van der Waals surface area contributed by atoms with Crippen molar-refractivity contribution in [1.29, 1.82) is 5.26 Å². The second-order valence-corrected chi connectivity index (χ2v) is 5.76. The maximum Gasteiger partial charge on any atom is 0.194 e. The van der Waals surface area contributed by atoms with Crippen LogP contribution in [0.4, 0.5) is 0 Å². The smallest absolute Gasteiger partial charge is 0.194 e. The Hall–Kier alpha value is -1.99. The number of Topliss-reactive ketones (excluding diaryl/α,β-unsaturated/α-hetero) is 1. The SMILES string of the molecule is N#CC(C(=O)c1cc2c(s1)CCC2)c1ccncc1. The van der Waals surface area contributed by atoms with Crippen LogP contribution in [0, 0.1) is 11.3 Å². The van der Waals surface area contributed by atoms with Gasteiger partial charge in [0.15, 0.2) is 5.78 Å². The fourth-order valence-corrected chi connectivity index (χ4v) is 3.66. The molecule has 2 aromatic rings. The van der Waals surface area contributed by atoms with Crippen LogP contribution in [0.1, 0.15) is 38.0 Å². The Labute approximate surface area is 115 Å². The number of nitrogens with zero attached hydrogens (tertiary/aromatic N) is 2. The number of fused-ring (bicyclic) bond motifs is 1. The van der Waals surface area contributed by atoms with Gasteiger partial charge < -0.3 is 0 Å². The highest BCUT2D eigenvalue weighted by Crippen LogP contribution is 2.33. The molecule has 3 nitrogen and oxygen atoms in total. The zero-order valence-electron chi connectivity index (χ0n) is 10.3. The molecule has 0 amide bonds. The third-order valence-corrected chi connectivity index (χ3v) is 4.67. The molecule has 0 aromatic carbocycles. The van der Waals surface area contributed by atoms with Crippen LogP contribution in [0.5, 0.6) is 0 Å². The number of thiophene rings is 1. The molecule has 0 N–H and O–H groups in total. The molecule has 0 saturated carbocycles. The number of carbonyl (C=O) groups is 1. The van der Waals surface area contributed by atoms with E-state index in [9.17, 15) is 10.1 Å². The molecule has 2 aromatic heterocycles. The third-order valence-electron chi connectivity index (χ3n) is 3.42. The minimum absolute atomic E-state index is 0.0897. The minimum Gasteiger partial charge on any atom is -0.291 e. The van der Waals surface area contributed by atoms with Crippen molar-refractivity contribution in [3.05, 3.63) is 51.5 Å². The van der Waals surface area contributed by atoms with Gasteiger partial charge in [-0.2, -0.15) is 5.26 Å². The summed E-state index contributed by atoms with van der Waals surface area (Å²) < 4.78 is 0. The molecule has 0 radical (unpaired) electrons. The van der Waals surface area contributed by atoms with Crippen LogP contribution in [0.3, 0.4) is 0 Å². The summed E-state index contributed by atoms with van der Waals surface area (Å²) in [4.78, 5) is 18.4. The number of nitriles is 1. The summed E-state index contributed by atoms with van der Waals surface area (Å²) in [6.07, 6.45) is 6.54. The first-order chi connectivity index (χ1) is 9.29. The summed E-state index contributed by atoms with van der Waals surface area (Å²) in [5, 5.41) is 9.27. The van der Waals surface area contributed by atoms with Crippen LogP contribution in [-0.4, -0.2) is 10.8 Å². The lowest BCUT2D eigenvalue weighted by Crippen LogP contribution is -2.09. The Balaban J connectivity index is 1.92. The maximum absolute atomic E-state index is 12.4. The molecule has 3 rings (SSSR count). The van der Waals surface area contributed by atoms with Gasteiger partial charge >= 0.3 is 0 Å². The van der Waals surface area contributed by atoms with Crippen molar-refractivity contribution in [2.24, 2.45) is 0 Å². The first-order valence-corrected chi connectivity index (χ1v) is 7.06. The standard InChI is InChI=1S/C15H12N2OS/c16-9-12(10-4-6-17-7-5-10)15(18)14-8-11-2-1-3-13(11)19-14/h4-8,12H,1-3H2. The van der Waals surface area contributed by atoms with E-state index < -0.39 is 5.92 Å². The van der Waals surface area contributed by atoms with E-state index in [4.69, 9.17) is 0 Å². The fourth-order valence-electron chi connectivity index (χ4n) is 2.43. The fraction of sp³-hybridized carbons (Fsp3) is 0.267. The molecular formula is C15H12N2OS. The van der Waals surface area contributed by atoms with Crippen LogP contribution in [0.15, 0.2) is 30.6 Å². The average Bonchev–Trinajstić information content (AvgIpc) is 3.01. The van der Waals surface area contributed by atoms with Crippen LogP contribution in [0.25, 0.3) is 0 Å². The predicted molar refractivity (Wildman–Crippen MR) is 73.3 cm³/mol. The number of hydrogen-bond donors (Lipinski definition) is 0. The van der Waals surface area contributed by atoms with E-state index in [0.29, 0.717) is 4.88 Å². The highest BCUT2D eigenvalue weighted by atomic mass is 32.1. The van der Waals surface area contributed by atoms with E-state index in [1.165, 1.54) is 16.9 Å². The average molecular weight is 268 g/mol. The predicted octanol–water partition coefficient (Wildman–Crippen LogP) is 3.12. The summed E-state index contributed by atoms with van der Waals surface area (Å²) in [5.41, 5.74) is 2.01. The molecule has 0 spiro atoms. The van der Waals surface area contributed by atoms with Crippen molar-refractivity contribution < 1.29 is 4.79 Å². The van der Waals surface area contributed by atoms with E-state index in [1.54, 1.807) is 35.9 Å². The first kappa shape index (κ1) is 12.1. The van der Waals surface area contributed by atoms with Crippen LogP contribution < -0.4 is 0 Å². The van der Waals surface area contributed by atoms with Gasteiger partial charge in [-0.25, -0.2) is 0 Å². The number of hydrogen-bond acceptors (Lipinski definition) is 4. The summed E-state index contributed by atoms with van der Waals surface area (Å²) in [7, 11) is 0. The molecule has 19 heavy (non-hydrogen) atoms. The molecule has 0 saturated heterocycles. The number of aryl methyl sites for hydroxylation is 2. The quantitative estimate of drug-likeness (QED) is 0.804. The normalized spacial score (nSPS) is 14.7. The van der Waals surface area contributed by atoms with Crippen LogP contribution in [-0.2, 0) is 12.8 Å². The number of ketones is 1. The molecule has 1 atom stereocenters. The zero-order valence-corrected chi connectivity index (χ0v) is 11.1. The topological polar surface area (TPSA) is 53.8 Å². The van der Waals surface area contributed by atoms with Crippen molar-refractivity contribution in [3.63, 3.8) is 0 Å². The van der Waals surface area contributed by atoms with Gasteiger partial charge in [-0.1, -0.05) is 0 Å². The Morgan fingerprint density at radius 2 is 2.16 bits per heavy atom. The van der Waals surface area contributed by atoms with E-state index in [2.05, 4.69) is 11.1 Å². The molecule has 0 bridgehead atoms. The molecule has 0 aliphatic heterocycles. The third kappa shape index (κ3) is 2.18. The van der Waals surface area contributed by atoms with Crippen molar-refractivity contribution in [1.82, 2.24) is 4.98 Å². The number of carbonyl (C=O) groups excluding carboxylic acids is 1. The van der Waals surface area contributed by atoms with Crippen LogP contribution >= 0.6 is 11.3 Å². The van der Waals surface area contributed by atoms with E-state index in [-0.39, 0.29) is 5.78 Å². The lowest BCUT2D eigenvalue weighted by molar-refractivity contribution is 0.0982. The van der Waals surface area contributed by atoms with Crippen LogP contribution in [0.2, 0.25) is 0 Å². The van der Waals surface area contributed by atoms with Crippen molar-refractivity contribution >= 4 is 17.1 Å². The van der Waals surface area contributed by atoms with Gasteiger partial charge in [0.25, 0.3) is 0 Å². The minimum atomic E-state index is -0.721. The van der Waals surface area contributed by atoms with Crippen molar-refractivity contribution in [3.8, 4) is 6.07 Å². The maximum atomic E-state index is 12.4. The second-order valence-electron chi connectivity index (χ2n) is 4.62. The van der Waals surface area contributed by atoms with Gasteiger partial charge in [0, 0.05) is 17.3 Å². The van der Waals surface area contributed by atoms with Gasteiger partial charge in [0.2, 0.25) is 0 Å². The monoisotopic (exact) mass is 268 g/mol. The number of aromatic nitrogens is 1. The molecule has 2 heterocycles. The first-order valence-electron chi connectivity index (χ1n) is 6.25. The second kappa shape index (κ2) is 4.94. The van der Waals surface area contributed by atoms with Gasteiger partial charge in [-0.3, -0.25) is 9.78 Å². The van der Waals surface area contributed by atoms with Gasteiger partial charge in [-0.15, -0.1) is 11.3 Å². The Kier molecular flexibility index (Phi) is 3.14. The molecule has 1 aliphatic carbocycles. The molecule has 1 aliphatic rings. The molecule has 4 heteroatoms. The zero-order chi connectivity index (χ0) is 13.2. The van der Waals surface area contributed by atoms with Gasteiger partial charge in [0.05, 0.1) is 10.9 Å². The Bertz CT molecular complexity index is 633. The highest BCUT2D eigenvalue weighted by Gasteiger charge is 2.25. The molecule has 94 valence electrons. The molecular weight excluding hydrogens is 256 g/mol. The lowest BCUT2D eigenvalue weighted by atomic mass is 9.96. The Morgan fingerprint density at radius 1 is 1.37 bits per heavy atom. The van der Waals surface area contributed by atoms with Gasteiger partial charge in [0.1, 0.15) is 5.92 Å². The molecule has 1 unspecified atom stereocenters. The molecule has 0 fully saturated rings. The lowest BCUT2D eigenvalue weighted by Gasteiger charge is -2.06. The van der Waals surface area contributed by atoms with E-state index in [1.807, 2.05) is 6.07 Å². The number of pyridine rings is 1. The highest BCUT2D eigenvalue weighted by molar-refractivity contribution is 7.14. The summed E-state index contributed by atoms with van der Waals surface area (Å²) in [6.45, 7) is 0. The summed E-state index contributed by atoms with van der Waals surface area (Å²) in [6, 6.07) is 7.54. The van der Waals surface area contributed by atoms with E-state index in [0.717, 1.165) is 18.4 Å². The summed E-state index contributed by atoms with van der Waals surface area (Å²) >= 11 is 1.55. The van der Waals surface area contributed by atoms with Crippen molar-refractivity contribution in [2.45, 2.75) is 25.2 Å². The van der Waals surface area contributed by atoms with Crippen molar-refractivity contribution in [2.75, 3.05) is 0 Å². The summed E-state index contributed by atoms with van der Waals surface area (Å²) in [5.74, 6) is -0.810. The van der Waals surface area contributed by atoms with E-state index >= 15 is 0 Å². The number of rotatable bonds is 3. The Morgan fingerprint density at radius 3 is 2.84 bits per heavy atom. The largest absolute Gasteiger partial charge is 0.291 e.